The Hall–Kier alpha value is -0.720. The molecule has 0 aliphatic carbocycles. The first kappa shape index (κ1) is 13.7. The van der Waals surface area contributed by atoms with Gasteiger partial charge in [-0.05, 0) is 50.9 Å². The van der Waals surface area contributed by atoms with Crippen molar-refractivity contribution in [2.24, 2.45) is 0 Å². The van der Waals surface area contributed by atoms with E-state index >= 15 is 0 Å². The first-order valence-corrected chi connectivity index (χ1v) is 6.97. The van der Waals surface area contributed by atoms with Crippen LogP contribution >= 0.6 is 43.5 Å². The normalized spacial score (nSPS) is 10.7. The van der Waals surface area contributed by atoms with Crippen LogP contribution in [0.1, 0.15) is 11.5 Å². The Morgan fingerprint density at radius 3 is 2.72 bits per heavy atom. The average Bonchev–Trinajstić information content (AvgIpc) is 2.23. The molecule has 0 atom stereocenters. The predicted molar refractivity (Wildman–Crippen MR) is 77.0 cm³/mol. The van der Waals surface area contributed by atoms with Crippen LogP contribution in [0.4, 0.5) is 0 Å². The molecule has 94 valence electrons. The summed E-state index contributed by atoms with van der Waals surface area (Å²) < 4.78 is 2.79. The summed E-state index contributed by atoms with van der Waals surface area (Å²) >= 11 is 12.4. The molecule has 2 heterocycles. The van der Waals surface area contributed by atoms with Crippen LogP contribution < -0.4 is 5.56 Å². The molecule has 4 nitrogen and oxygen atoms in total. The van der Waals surface area contributed by atoms with E-state index in [0.717, 1.165) is 10.2 Å². The molecule has 0 radical (unpaired) electrons. The van der Waals surface area contributed by atoms with Crippen molar-refractivity contribution in [3.8, 4) is 0 Å². The molecule has 2 aromatic heterocycles. The Bertz CT molecular complexity index is 637. The van der Waals surface area contributed by atoms with E-state index in [1.165, 1.54) is 4.57 Å². The SMILES string of the molecule is Cc1cc(Cl)nc(Cn2cc(Br)cc(Br)c2=O)n1. The molecule has 0 spiro atoms. The molecule has 0 amide bonds. The van der Waals surface area contributed by atoms with Crippen LogP contribution in [0, 0.1) is 6.92 Å². The summed E-state index contributed by atoms with van der Waals surface area (Å²) in [5.74, 6) is 0.507. The Kier molecular flexibility index (Phi) is 4.19. The lowest BCUT2D eigenvalue weighted by molar-refractivity contribution is 0.705. The minimum atomic E-state index is -0.139. The molecule has 0 bridgehead atoms. The number of hydrogen-bond donors (Lipinski definition) is 0. The highest BCUT2D eigenvalue weighted by Crippen LogP contribution is 2.14. The van der Waals surface area contributed by atoms with E-state index in [0.29, 0.717) is 15.5 Å². The third-order valence-electron chi connectivity index (χ3n) is 2.19. The molecule has 2 rings (SSSR count). The molecule has 18 heavy (non-hydrogen) atoms. The van der Waals surface area contributed by atoms with Gasteiger partial charge in [-0.3, -0.25) is 4.79 Å². The summed E-state index contributed by atoms with van der Waals surface area (Å²) in [5.41, 5.74) is 0.631. The summed E-state index contributed by atoms with van der Waals surface area (Å²) in [4.78, 5) is 20.2. The minimum absolute atomic E-state index is 0.139. The number of rotatable bonds is 2. The Balaban J connectivity index is 2.43. The van der Waals surface area contributed by atoms with Gasteiger partial charge in [0, 0.05) is 16.4 Å². The van der Waals surface area contributed by atoms with Gasteiger partial charge in [0.25, 0.3) is 5.56 Å². The van der Waals surface area contributed by atoms with Crippen LogP contribution in [0.5, 0.6) is 0 Å². The smallest absolute Gasteiger partial charge is 0.265 e. The Labute approximate surface area is 125 Å². The molecule has 2 aromatic rings. The maximum Gasteiger partial charge on any atom is 0.265 e. The van der Waals surface area contributed by atoms with Crippen molar-refractivity contribution in [1.29, 1.82) is 0 Å². The molecule has 0 aliphatic heterocycles. The topological polar surface area (TPSA) is 47.8 Å². The molecule has 0 N–H and O–H groups in total. The zero-order chi connectivity index (χ0) is 13.3. The van der Waals surface area contributed by atoms with E-state index in [-0.39, 0.29) is 12.1 Å². The molecule has 0 saturated heterocycles. The summed E-state index contributed by atoms with van der Waals surface area (Å²) in [6, 6.07) is 3.37. The number of hydrogen-bond acceptors (Lipinski definition) is 3. The Morgan fingerprint density at radius 1 is 1.33 bits per heavy atom. The minimum Gasteiger partial charge on any atom is -0.306 e. The third kappa shape index (κ3) is 3.18. The van der Waals surface area contributed by atoms with Gasteiger partial charge in [-0.1, -0.05) is 11.6 Å². The summed E-state index contributed by atoms with van der Waals surface area (Å²) in [6.07, 6.45) is 1.69. The molecule has 0 saturated carbocycles. The molecule has 7 heteroatoms. The number of aryl methyl sites for hydroxylation is 1. The van der Waals surface area contributed by atoms with Crippen LogP contribution in [0.25, 0.3) is 0 Å². The van der Waals surface area contributed by atoms with Crippen molar-refractivity contribution in [3.63, 3.8) is 0 Å². The molecule has 0 fully saturated rings. The third-order valence-corrected chi connectivity index (χ3v) is 3.39. The predicted octanol–water partition coefficient (Wildman–Crippen LogP) is 3.17. The van der Waals surface area contributed by atoms with Gasteiger partial charge in [-0.2, -0.15) is 0 Å². The molecule has 0 aromatic carbocycles. The fourth-order valence-corrected chi connectivity index (χ4v) is 3.01. The van der Waals surface area contributed by atoms with Crippen molar-refractivity contribution in [2.45, 2.75) is 13.5 Å². The lowest BCUT2D eigenvalue weighted by Gasteiger charge is -2.07. The Morgan fingerprint density at radius 2 is 2.06 bits per heavy atom. The van der Waals surface area contributed by atoms with Crippen molar-refractivity contribution in [3.05, 3.63) is 54.3 Å². The van der Waals surface area contributed by atoms with Gasteiger partial charge in [0.2, 0.25) is 0 Å². The first-order valence-electron chi connectivity index (χ1n) is 5.01. The van der Waals surface area contributed by atoms with E-state index in [9.17, 15) is 4.79 Å². The van der Waals surface area contributed by atoms with E-state index in [1.54, 1.807) is 18.3 Å². The lowest BCUT2D eigenvalue weighted by Crippen LogP contribution is -2.21. The van der Waals surface area contributed by atoms with Crippen LogP contribution in [0.2, 0.25) is 5.15 Å². The monoisotopic (exact) mass is 391 g/mol. The van der Waals surface area contributed by atoms with E-state index in [2.05, 4.69) is 41.8 Å². The van der Waals surface area contributed by atoms with Gasteiger partial charge in [0.15, 0.2) is 0 Å². The fraction of sp³-hybridized carbons (Fsp3) is 0.182. The number of aromatic nitrogens is 3. The summed E-state index contributed by atoms with van der Waals surface area (Å²) in [5, 5.41) is 0.375. The van der Waals surface area contributed by atoms with Crippen molar-refractivity contribution in [1.82, 2.24) is 14.5 Å². The molecular formula is C11H8Br2ClN3O. The van der Waals surface area contributed by atoms with E-state index in [1.807, 2.05) is 6.92 Å². The number of nitrogens with zero attached hydrogens (tertiary/aromatic N) is 3. The van der Waals surface area contributed by atoms with Crippen molar-refractivity contribution < 1.29 is 0 Å². The first-order chi connectivity index (χ1) is 8.45. The highest BCUT2D eigenvalue weighted by atomic mass is 79.9. The van der Waals surface area contributed by atoms with E-state index in [4.69, 9.17) is 11.6 Å². The molecular weight excluding hydrogens is 385 g/mol. The van der Waals surface area contributed by atoms with Gasteiger partial charge < -0.3 is 4.57 Å². The van der Waals surface area contributed by atoms with Crippen molar-refractivity contribution >= 4 is 43.5 Å². The van der Waals surface area contributed by atoms with Crippen molar-refractivity contribution in [2.75, 3.05) is 0 Å². The zero-order valence-electron chi connectivity index (χ0n) is 9.32. The fourth-order valence-electron chi connectivity index (χ4n) is 1.49. The second-order valence-electron chi connectivity index (χ2n) is 3.69. The highest BCUT2D eigenvalue weighted by molar-refractivity contribution is 9.11. The average molecular weight is 393 g/mol. The standard InChI is InChI=1S/C11H8Br2ClN3O/c1-6-2-9(14)16-10(15-6)5-17-4-7(12)3-8(13)11(17)18/h2-4H,5H2,1H3. The number of halogens is 3. The zero-order valence-corrected chi connectivity index (χ0v) is 13.3. The van der Waals surface area contributed by atoms with Gasteiger partial charge in [0.1, 0.15) is 11.0 Å². The van der Waals surface area contributed by atoms with Crippen LogP contribution in [0.15, 0.2) is 32.1 Å². The van der Waals surface area contributed by atoms with E-state index < -0.39 is 0 Å². The summed E-state index contributed by atoms with van der Waals surface area (Å²) in [6.45, 7) is 2.11. The highest BCUT2D eigenvalue weighted by Gasteiger charge is 2.07. The quantitative estimate of drug-likeness (QED) is 0.737. The van der Waals surface area contributed by atoms with Gasteiger partial charge >= 0.3 is 0 Å². The second kappa shape index (κ2) is 5.50. The lowest BCUT2D eigenvalue weighted by atomic mass is 10.4. The van der Waals surface area contributed by atoms with Crippen LogP contribution in [-0.4, -0.2) is 14.5 Å². The number of pyridine rings is 1. The molecule has 0 aliphatic rings. The van der Waals surface area contributed by atoms with Gasteiger partial charge in [0.05, 0.1) is 11.0 Å². The molecule has 0 unspecified atom stereocenters. The van der Waals surface area contributed by atoms with Gasteiger partial charge in [-0.15, -0.1) is 0 Å². The van der Waals surface area contributed by atoms with Gasteiger partial charge in [-0.25, -0.2) is 9.97 Å². The largest absolute Gasteiger partial charge is 0.306 e. The summed E-state index contributed by atoms with van der Waals surface area (Å²) in [7, 11) is 0. The second-order valence-corrected chi connectivity index (χ2v) is 5.84. The maximum atomic E-state index is 11.9. The van der Waals surface area contributed by atoms with Crippen LogP contribution in [0.3, 0.4) is 0 Å². The van der Waals surface area contributed by atoms with Crippen LogP contribution in [-0.2, 0) is 6.54 Å². The maximum absolute atomic E-state index is 11.9.